The topological polar surface area (TPSA) is 0 Å². The Balaban J connectivity index is 0. The van der Waals surface area contributed by atoms with Crippen LogP contribution < -0.4 is 148 Å². The number of halogens is 7. The molecule has 62 valence electrons. The molecule has 0 aliphatic heterocycles. The average molecular weight is 870 g/mol. The zero-order chi connectivity index (χ0) is 0. The molecule has 0 amide bonds. The van der Waals surface area contributed by atoms with Crippen molar-refractivity contribution in [3.8, 4) is 0 Å². The summed E-state index contributed by atoms with van der Waals surface area (Å²) in [6, 6.07) is 0. The van der Waals surface area contributed by atoms with E-state index in [0.29, 0.717) is 0 Å². The van der Waals surface area contributed by atoms with Crippen LogP contribution in [0.3, 0.4) is 0 Å². The molecule has 0 fully saturated rings. The van der Waals surface area contributed by atoms with Crippen LogP contribution in [0.15, 0.2) is 0 Å². The van der Waals surface area contributed by atoms with E-state index < -0.39 is 0 Å². The quantitative estimate of drug-likeness (QED) is 0.213. The van der Waals surface area contributed by atoms with Gasteiger partial charge in [0.05, 0.1) is 0 Å². The van der Waals surface area contributed by atoms with Crippen LogP contribution in [0.4, 0.5) is 0 Å². The molecule has 0 radical (unpaired) electrons. The van der Waals surface area contributed by atoms with E-state index >= 15 is 0 Å². The summed E-state index contributed by atoms with van der Waals surface area (Å²) in [7, 11) is 0. The Morgan fingerprint density at radius 2 is 0.400 bits per heavy atom. The molecule has 0 aliphatic carbocycles. The maximum Gasteiger partial charge on any atom is 4.00 e. The van der Waals surface area contributed by atoms with E-state index in [0.717, 1.165) is 0 Å². The van der Waals surface area contributed by atoms with Gasteiger partial charge in [0.15, 0.2) is 0 Å². The molecular weight excluding hydrogens is 870 g/mol. The second-order valence-corrected chi connectivity index (χ2v) is 0. The van der Waals surface area contributed by atoms with Crippen molar-refractivity contribution in [1.29, 1.82) is 0 Å². The number of hydrogen-bond donors (Lipinski definition) is 0. The van der Waals surface area contributed by atoms with E-state index in [1.165, 1.54) is 0 Å². The summed E-state index contributed by atoms with van der Waals surface area (Å²) in [5.41, 5.74) is 0. The first-order chi connectivity index (χ1) is 0. The third-order valence-electron chi connectivity index (χ3n) is 0. The number of rotatable bonds is 0. The van der Waals surface area contributed by atoms with E-state index in [9.17, 15) is 0 Å². The Hall–Kier alpha value is 6.20. The molecule has 0 nitrogen and oxygen atoms in total. The molecule has 10 heavy (non-hydrogen) atoms. The molecule has 0 aromatic carbocycles. The van der Waals surface area contributed by atoms with E-state index in [1.807, 2.05) is 0 Å². The molecule has 10 heteroatoms. The van der Waals surface area contributed by atoms with Crippen LogP contribution in [0, 0.1) is 39.9 Å². The van der Waals surface area contributed by atoms with Crippen molar-refractivity contribution >= 4 is 0 Å². The van der Waals surface area contributed by atoms with Gasteiger partial charge in [-0.2, -0.15) is 0 Å². The van der Waals surface area contributed by atoms with Gasteiger partial charge >= 0.3 is 86.6 Å². The van der Waals surface area contributed by atoms with E-state index in [4.69, 9.17) is 0 Å². The van der Waals surface area contributed by atoms with Gasteiger partial charge in [0, 0.05) is 0 Å². The van der Waals surface area contributed by atoms with E-state index in [2.05, 4.69) is 0 Å². The van der Waals surface area contributed by atoms with Crippen LogP contribution >= 0.6 is 0 Å². The van der Waals surface area contributed by atoms with Gasteiger partial charge in [-0.25, -0.2) is 0 Å². The molecule has 0 bridgehead atoms. The van der Waals surface area contributed by atoms with E-state index in [1.54, 1.807) is 0 Å². The monoisotopic (exact) mass is 863 g/mol. The van der Waals surface area contributed by atoms with Gasteiger partial charge in [0.1, 0.15) is 0 Å². The summed E-state index contributed by atoms with van der Waals surface area (Å²) in [5.74, 6) is 0. The fraction of sp³-hybridized carbons (Fsp3) is 0. The first-order valence-electron chi connectivity index (χ1n) is 0. The molecule has 0 saturated heterocycles. The van der Waals surface area contributed by atoms with E-state index in [-0.39, 0.29) is 205 Å². The van der Waals surface area contributed by atoms with Gasteiger partial charge in [0.2, 0.25) is 0 Å². The summed E-state index contributed by atoms with van der Waals surface area (Å²) >= 11 is 0. The predicted molar refractivity (Wildman–Crippen MR) is 0 cm³/mol. The van der Waals surface area contributed by atoms with Gasteiger partial charge < -0.3 is 119 Å². The van der Waals surface area contributed by atoms with Crippen molar-refractivity contribution in [3.05, 3.63) is 0 Å². The van der Waals surface area contributed by atoms with Crippen molar-refractivity contribution in [3.63, 3.8) is 0 Å². The maximum atomic E-state index is 0. The first kappa shape index (κ1) is 97.3. The Morgan fingerprint density at radius 3 is 0.400 bits per heavy atom. The maximum absolute atomic E-state index is 0. The summed E-state index contributed by atoms with van der Waals surface area (Å²) in [5, 5.41) is 0. The zero-order valence-electron chi connectivity index (χ0n) is 4.50. The van der Waals surface area contributed by atoms with Crippen molar-refractivity contribution in [2.24, 2.45) is 0 Å². The Morgan fingerprint density at radius 1 is 0.400 bits per heavy atom. The normalized spacial score (nSPS) is 0. The molecule has 0 aromatic heterocycles. The fourth-order valence-corrected chi connectivity index (χ4v) is 0. The summed E-state index contributed by atoms with van der Waals surface area (Å²) in [6.45, 7) is 0. The van der Waals surface area contributed by atoms with Gasteiger partial charge in [-0.15, -0.1) is 0 Å². The zero-order valence-corrected chi connectivity index (χ0v) is 22.8. The van der Waals surface area contributed by atoms with Crippen molar-refractivity contribution in [2.45, 2.75) is 0 Å². The van der Waals surface area contributed by atoms with Gasteiger partial charge in [-0.3, -0.25) is 0 Å². The van der Waals surface area contributed by atoms with Crippen LogP contribution in [-0.2, 0) is 17.1 Å². The largest absolute Gasteiger partial charge is 4.00 e. The Kier molecular flexibility index (Phi) is 776. The molecule has 0 N–H and O–H groups in total. The third kappa shape index (κ3) is 64.3. The second-order valence-electron chi connectivity index (χ2n) is 0. The Bertz CT molecular complexity index is 13.6. The Labute approximate surface area is 200 Å². The van der Waals surface area contributed by atoms with Gasteiger partial charge in [0.25, 0.3) is 0 Å². The standard InChI is InChI=1S/7BrH.Fe.Na.Th/h7*1H;;;/q;;;;;;;+2;+1;+4/p-7. The smallest absolute Gasteiger partial charge is 1.00 e. The minimum absolute atomic E-state index is 0. The van der Waals surface area contributed by atoms with Crippen LogP contribution in [0.5, 0.6) is 0 Å². The minimum atomic E-state index is 0. The number of hydrogen-bond acceptors (Lipinski definition) is 0. The van der Waals surface area contributed by atoms with Crippen molar-refractivity contribution in [2.75, 3.05) is 0 Å². The van der Waals surface area contributed by atoms with Gasteiger partial charge in [-0.1, -0.05) is 0 Å². The molecule has 0 aliphatic rings. The first-order valence-corrected chi connectivity index (χ1v) is 0. The van der Waals surface area contributed by atoms with Crippen LogP contribution in [0.25, 0.3) is 0 Å². The average Bonchev–Trinajstić information content (AvgIpc) is 0. The van der Waals surface area contributed by atoms with Crippen LogP contribution in [0.2, 0.25) is 0 Å². The molecule has 0 atom stereocenters. The second kappa shape index (κ2) is 79.7. The van der Waals surface area contributed by atoms with Crippen LogP contribution in [-0.4, -0.2) is 0 Å². The third-order valence-corrected chi connectivity index (χ3v) is 0. The summed E-state index contributed by atoms with van der Waals surface area (Å²) < 4.78 is 0. The van der Waals surface area contributed by atoms with Crippen LogP contribution in [0.1, 0.15) is 0 Å². The molecular formula is Br7FeNaTh. The van der Waals surface area contributed by atoms with Gasteiger partial charge in [-0.05, 0) is 0 Å². The summed E-state index contributed by atoms with van der Waals surface area (Å²) in [4.78, 5) is 0. The molecule has 0 spiro atoms. The fourth-order valence-electron chi connectivity index (χ4n) is 0. The molecule has 0 heterocycles. The molecule has 0 rings (SSSR count). The van der Waals surface area contributed by atoms with Crippen molar-refractivity contribution < 1.29 is 205 Å². The molecule has 0 aromatic rings. The summed E-state index contributed by atoms with van der Waals surface area (Å²) in [6.07, 6.45) is 0. The molecule has 0 unspecified atom stereocenters. The predicted octanol–water partition coefficient (Wildman–Crippen LogP) is -24.0. The molecule has 0 saturated carbocycles. The van der Waals surface area contributed by atoms with Crippen molar-refractivity contribution in [1.82, 2.24) is 0 Å². The SMILES string of the molecule is [Br-].[Br-].[Br-].[Br-].[Br-].[Br-].[Br-].[Fe+2].[Na+].[Th+4]. The minimum Gasteiger partial charge on any atom is -1.00 e.